The third-order valence-electron chi connectivity index (χ3n) is 2.29. The minimum Gasteiger partial charge on any atom is -0.333 e. The minimum absolute atomic E-state index is 0.822. The molecule has 1 aromatic heterocycles. The van der Waals surface area contributed by atoms with E-state index in [4.69, 9.17) is 11.6 Å². The maximum Gasteiger partial charge on any atom is 0.0949 e. The molecule has 1 aromatic carbocycles. The zero-order valence-corrected chi connectivity index (χ0v) is 8.70. The van der Waals surface area contributed by atoms with E-state index in [1.807, 2.05) is 29.8 Å². The second-order valence-corrected chi connectivity index (χ2v) is 3.67. The highest BCUT2D eigenvalue weighted by molar-refractivity contribution is 6.31. The van der Waals surface area contributed by atoms with Gasteiger partial charge in [-0.2, -0.15) is 0 Å². The van der Waals surface area contributed by atoms with Crippen molar-refractivity contribution in [2.45, 2.75) is 13.5 Å². The van der Waals surface area contributed by atoms with Crippen molar-refractivity contribution < 1.29 is 0 Å². The Hall–Kier alpha value is -1.28. The average Bonchev–Trinajstić information content (AvgIpc) is 2.66. The molecule has 0 atom stereocenters. The molecule has 72 valence electrons. The first-order valence-electron chi connectivity index (χ1n) is 4.47. The Morgan fingerprint density at radius 2 is 2.29 bits per heavy atom. The molecule has 0 aliphatic heterocycles. The lowest BCUT2D eigenvalue weighted by Gasteiger charge is -2.07. The molecule has 0 aliphatic rings. The molecule has 2 rings (SSSR count). The van der Waals surface area contributed by atoms with Crippen molar-refractivity contribution in [1.82, 2.24) is 9.55 Å². The van der Waals surface area contributed by atoms with Gasteiger partial charge < -0.3 is 4.57 Å². The van der Waals surface area contributed by atoms with Crippen molar-refractivity contribution in [3.05, 3.63) is 53.1 Å². The zero-order valence-electron chi connectivity index (χ0n) is 7.94. The fraction of sp³-hybridized carbons (Fsp3) is 0.182. The van der Waals surface area contributed by atoms with E-state index in [1.165, 1.54) is 5.56 Å². The van der Waals surface area contributed by atoms with Crippen LogP contribution in [0.15, 0.2) is 36.9 Å². The quantitative estimate of drug-likeness (QED) is 0.739. The van der Waals surface area contributed by atoms with Gasteiger partial charge in [-0.05, 0) is 24.1 Å². The molecule has 0 amide bonds. The molecular formula is C11H11ClN2. The predicted octanol–water partition coefficient (Wildman–Crippen LogP) is 2.89. The van der Waals surface area contributed by atoms with Gasteiger partial charge in [-0.25, -0.2) is 4.98 Å². The van der Waals surface area contributed by atoms with Crippen LogP contribution < -0.4 is 0 Å². The molecule has 14 heavy (non-hydrogen) atoms. The van der Waals surface area contributed by atoms with Gasteiger partial charge in [0.1, 0.15) is 0 Å². The summed E-state index contributed by atoms with van der Waals surface area (Å²) in [6.07, 6.45) is 5.53. The Morgan fingerprint density at radius 3 is 3.00 bits per heavy atom. The van der Waals surface area contributed by atoms with Crippen LogP contribution in [0.25, 0.3) is 0 Å². The van der Waals surface area contributed by atoms with E-state index >= 15 is 0 Å². The molecule has 0 aliphatic carbocycles. The summed E-state index contributed by atoms with van der Waals surface area (Å²) < 4.78 is 2.03. The van der Waals surface area contributed by atoms with Gasteiger partial charge in [0.05, 0.1) is 6.33 Å². The van der Waals surface area contributed by atoms with Gasteiger partial charge >= 0.3 is 0 Å². The highest BCUT2D eigenvalue weighted by Crippen LogP contribution is 2.19. The maximum absolute atomic E-state index is 6.03. The summed E-state index contributed by atoms with van der Waals surface area (Å²) in [5.41, 5.74) is 2.37. The van der Waals surface area contributed by atoms with Gasteiger partial charge in [0, 0.05) is 24.0 Å². The smallest absolute Gasteiger partial charge is 0.0949 e. The summed E-state index contributed by atoms with van der Waals surface area (Å²) in [6, 6.07) is 5.97. The Labute approximate surface area is 88.2 Å². The molecule has 0 N–H and O–H groups in total. The van der Waals surface area contributed by atoms with Crippen LogP contribution in [0.1, 0.15) is 11.1 Å². The van der Waals surface area contributed by atoms with E-state index in [0.717, 1.165) is 17.1 Å². The van der Waals surface area contributed by atoms with Crippen LogP contribution in [0.5, 0.6) is 0 Å². The van der Waals surface area contributed by atoms with Crippen LogP contribution in [0.3, 0.4) is 0 Å². The molecule has 0 radical (unpaired) electrons. The summed E-state index contributed by atoms with van der Waals surface area (Å²) in [5, 5.41) is 0.822. The van der Waals surface area contributed by atoms with E-state index in [1.54, 1.807) is 12.5 Å². The van der Waals surface area contributed by atoms with Crippen molar-refractivity contribution in [2.75, 3.05) is 0 Å². The Balaban J connectivity index is 2.29. The fourth-order valence-electron chi connectivity index (χ4n) is 1.40. The highest BCUT2D eigenvalue weighted by Gasteiger charge is 2.01. The number of aromatic nitrogens is 2. The summed E-state index contributed by atoms with van der Waals surface area (Å²) in [6.45, 7) is 2.86. The summed E-state index contributed by atoms with van der Waals surface area (Å²) >= 11 is 6.03. The largest absolute Gasteiger partial charge is 0.333 e. The second kappa shape index (κ2) is 3.84. The second-order valence-electron chi connectivity index (χ2n) is 3.26. The van der Waals surface area contributed by atoms with Crippen LogP contribution in [0, 0.1) is 6.92 Å². The van der Waals surface area contributed by atoms with Gasteiger partial charge in [0.25, 0.3) is 0 Å². The topological polar surface area (TPSA) is 17.8 Å². The van der Waals surface area contributed by atoms with Gasteiger partial charge in [-0.3, -0.25) is 0 Å². The number of nitrogens with zero attached hydrogens (tertiary/aromatic N) is 2. The van der Waals surface area contributed by atoms with Crippen molar-refractivity contribution in [3.8, 4) is 0 Å². The summed E-state index contributed by atoms with van der Waals surface area (Å²) in [5.74, 6) is 0. The Bertz CT molecular complexity index is 421. The molecule has 2 nitrogen and oxygen atoms in total. The summed E-state index contributed by atoms with van der Waals surface area (Å²) in [4.78, 5) is 4.00. The van der Waals surface area contributed by atoms with E-state index in [2.05, 4.69) is 11.1 Å². The molecule has 1 heterocycles. The lowest BCUT2D eigenvalue weighted by molar-refractivity contribution is 0.792. The highest BCUT2D eigenvalue weighted by atomic mass is 35.5. The molecular weight excluding hydrogens is 196 g/mol. The lowest BCUT2D eigenvalue weighted by Crippen LogP contribution is -1.98. The van der Waals surface area contributed by atoms with Crippen molar-refractivity contribution in [3.63, 3.8) is 0 Å². The first-order valence-corrected chi connectivity index (χ1v) is 4.85. The van der Waals surface area contributed by atoms with Crippen LogP contribution in [0.2, 0.25) is 5.02 Å². The first-order chi connectivity index (χ1) is 6.77. The Morgan fingerprint density at radius 1 is 1.43 bits per heavy atom. The normalized spacial score (nSPS) is 10.4. The number of hydrogen-bond donors (Lipinski definition) is 0. The monoisotopic (exact) mass is 206 g/mol. The molecule has 0 bridgehead atoms. The zero-order chi connectivity index (χ0) is 9.97. The van der Waals surface area contributed by atoms with E-state index in [0.29, 0.717) is 0 Å². The SMILES string of the molecule is Cc1c(Cl)cccc1Cn1ccnc1. The van der Waals surface area contributed by atoms with Crippen molar-refractivity contribution in [1.29, 1.82) is 0 Å². The van der Waals surface area contributed by atoms with Crippen LogP contribution in [-0.2, 0) is 6.54 Å². The minimum atomic E-state index is 0.822. The van der Waals surface area contributed by atoms with E-state index in [-0.39, 0.29) is 0 Å². The Kier molecular flexibility index (Phi) is 2.55. The van der Waals surface area contributed by atoms with Gasteiger partial charge in [-0.1, -0.05) is 23.7 Å². The number of hydrogen-bond acceptors (Lipinski definition) is 1. The molecule has 0 unspecified atom stereocenters. The van der Waals surface area contributed by atoms with Gasteiger partial charge in [-0.15, -0.1) is 0 Å². The van der Waals surface area contributed by atoms with Crippen molar-refractivity contribution in [2.24, 2.45) is 0 Å². The van der Waals surface area contributed by atoms with Gasteiger partial charge in [0.2, 0.25) is 0 Å². The standard InChI is InChI=1S/C11H11ClN2/c1-9-10(3-2-4-11(9)12)7-14-6-5-13-8-14/h2-6,8H,7H2,1H3. The van der Waals surface area contributed by atoms with Gasteiger partial charge in [0.15, 0.2) is 0 Å². The fourth-order valence-corrected chi connectivity index (χ4v) is 1.59. The third-order valence-corrected chi connectivity index (χ3v) is 2.70. The third kappa shape index (κ3) is 1.80. The number of halogens is 1. The first kappa shape index (κ1) is 9.28. The molecule has 0 spiro atoms. The number of rotatable bonds is 2. The molecule has 2 aromatic rings. The van der Waals surface area contributed by atoms with Crippen LogP contribution in [-0.4, -0.2) is 9.55 Å². The molecule has 0 saturated carbocycles. The van der Waals surface area contributed by atoms with E-state index < -0.39 is 0 Å². The number of imidazole rings is 1. The number of benzene rings is 1. The molecule has 0 saturated heterocycles. The van der Waals surface area contributed by atoms with Crippen LogP contribution in [0.4, 0.5) is 0 Å². The molecule has 3 heteroatoms. The lowest BCUT2D eigenvalue weighted by atomic mass is 10.1. The maximum atomic E-state index is 6.03. The molecule has 0 fully saturated rings. The predicted molar refractivity (Wildman–Crippen MR) is 57.5 cm³/mol. The van der Waals surface area contributed by atoms with E-state index in [9.17, 15) is 0 Å². The summed E-state index contributed by atoms with van der Waals surface area (Å²) in [7, 11) is 0. The van der Waals surface area contributed by atoms with Crippen LogP contribution >= 0.6 is 11.6 Å². The average molecular weight is 207 g/mol. The van der Waals surface area contributed by atoms with Crippen molar-refractivity contribution >= 4 is 11.6 Å².